The monoisotopic (exact) mass is 194 g/mol. The molecule has 0 rings (SSSR count). The molecule has 4 heteroatoms. The van der Waals surface area contributed by atoms with E-state index >= 15 is 0 Å². The molecular formula is C10H10O4. The van der Waals surface area contributed by atoms with Crippen LogP contribution in [0.2, 0.25) is 0 Å². The van der Waals surface area contributed by atoms with Crippen molar-refractivity contribution in [2.75, 3.05) is 14.2 Å². The second-order valence-electron chi connectivity index (χ2n) is 2.09. The highest BCUT2D eigenvalue weighted by Crippen LogP contribution is 1.83. The van der Waals surface area contributed by atoms with Crippen molar-refractivity contribution in [3.05, 3.63) is 0 Å². The maximum Gasteiger partial charge on any atom is 0.384 e. The van der Waals surface area contributed by atoms with Gasteiger partial charge in [-0.3, -0.25) is 0 Å². The molecular weight excluding hydrogens is 184 g/mol. The minimum absolute atomic E-state index is 0.416. The van der Waals surface area contributed by atoms with E-state index in [1.165, 1.54) is 14.2 Å². The summed E-state index contributed by atoms with van der Waals surface area (Å²) in [6.45, 7) is 0. The molecule has 4 nitrogen and oxygen atoms in total. The van der Waals surface area contributed by atoms with Gasteiger partial charge in [0.05, 0.1) is 14.2 Å². The molecule has 0 radical (unpaired) electrons. The molecule has 14 heavy (non-hydrogen) atoms. The highest BCUT2D eigenvalue weighted by atomic mass is 16.5. The highest BCUT2D eigenvalue weighted by molar-refractivity contribution is 5.88. The van der Waals surface area contributed by atoms with E-state index in [1.54, 1.807) is 0 Å². The lowest BCUT2D eigenvalue weighted by molar-refractivity contribution is -0.134. The van der Waals surface area contributed by atoms with Crippen molar-refractivity contribution in [2.45, 2.75) is 12.8 Å². The normalized spacial score (nSPS) is 7.29. The Hall–Kier alpha value is -1.94. The second kappa shape index (κ2) is 7.70. The molecule has 0 aliphatic carbocycles. The van der Waals surface area contributed by atoms with E-state index in [0.29, 0.717) is 12.8 Å². The minimum Gasteiger partial charge on any atom is -0.459 e. The van der Waals surface area contributed by atoms with Gasteiger partial charge >= 0.3 is 11.9 Å². The van der Waals surface area contributed by atoms with Crippen molar-refractivity contribution in [2.24, 2.45) is 0 Å². The van der Waals surface area contributed by atoms with Gasteiger partial charge in [-0.15, -0.1) is 0 Å². The zero-order valence-electron chi connectivity index (χ0n) is 8.05. The van der Waals surface area contributed by atoms with Crippen molar-refractivity contribution in [1.29, 1.82) is 0 Å². The van der Waals surface area contributed by atoms with Crippen LogP contribution in [-0.4, -0.2) is 26.2 Å². The van der Waals surface area contributed by atoms with E-state index in [-0.39, 0.29) is 0 Å². The summed E-state index contributed by atoms with van der Waals surface area (Å²) in [5, 5.41) is 0. The summed E-state index contributed by atoms with van der Waals surface area (Å²) >= 11 is 0. The van der Waals surface area contributed by atoms with Gasteiger partial charge in [0, 0.05) is 24.7 Å². The lowest BCUT2D eigenvalue weighted by Gasteiger charge is -1.84. The molecule has 0 aromatic heterocycles. The fourth-order valence-electron chi connectivity index (χ4n) is 0.496. The minimum atomic E-state index is -0.578. The lowest BCUT2D eigenvalue weighted by Crippen LogP contribution is -1.94. The summed E-state index contributed by atoms with van der Waals surface area (Å²) in [6.07, 6.45) is 0.832. The third-order valence-corrected chi connectivity index (χ3v) is 1.13. The molecule has 0 saturated heterocycles. The topological polar surface area (TPSA) is 52.6 Å². The summed E-state index contributed by atoms with van der Waals surface area (Å²) in [5.41, 5.74) is 0. The predicted octanol–water partition coefficient (Wildman–Crippen LogP) is 0.119. The molecule has 74 valence electrons. The van der Waals surface area contributed by atoms with E-state index in [1.807, 2.05) is 0 Å². The van der Waals surface area contributed by atoms with E-state index in [4.69, 9.17) is 0 Å². The van der Waals surface area contributed by atoms with Crippen molar-refractivity contribution >= 4 is 11.9 Å². The van der Waals surface area contributed by atoms with Crippen LogP contribution >= 0.6 is 0 Å². The van der Waals surface area contributed by atoms with Gasteiger partial charge in [0.2, 0.25) is 0 Å². The van der Waals surface area contributed by atoms with Gasteiger partial charge < -0.3 is 9.47 Å². The van der Waals surface area contributed by atoms with Gasteiger partial charge in [0.1, 0.15) is 0 Å². The smallest absolute Gasteiger partial charge is 0.384 e. The van der Waals surface area contributed by atoms with Crippen LogP contribution in [-0.2, 0) is 19.1 Å². The molecule has 0 aliphatic heterocycles. The van der Waals surface area contributed by atoms with Crippen molar-refractivity contribution in [3.63, 3.8) is 0 Å². The van der Waals surface area contributed by atoms with Gasteiger partial charge in [-0.05, 0) is 0 Å². The van der Waals surface area contributed by atoms with Crippen LogP contribution in [0.3, 0.4) is 0 Å². The molecule has 0 saturated carbocycles. The highest BCUT2D eigenvalue weighted by Gasteiger charge is 1.89. The molecule has 0 unspecified atom stereocenters. The van der Waals surface area contributed by atoms with Gasteiger partial charge in [-0.25, -0.2) is 9.59 Å². The van der Waals surface area contributed by atoms with Crippen LogP contribution in [0.5, 0.6) is 0 Å². The third kappa shape index (κ3) is 6.75. The first-order valence-electron chi connectivity index (χ1n) is 3.84. The largest absolute Gasteiger partial charge is 0.459 e. The van der Waals surface area contributed by atoms with Gasteiger partial charge in [-0.1, -0.05) is 11.8 Å². The zero-order chi connectivity index (χ0) is 10.8. The number of carbonyl (C=O) groups is 2. The predicted molar refractivity (Wildman–Crippen MR) is 48.8 cm³/mol. The number of hydrogen-bond donors (Lipinski definition) is 0. The summed E-state index contributed by atoms with van der Waals surface area (Å²) in [6, 6.07) is 0. The Morgan fingerprint density at radius 1 is 0.929 bits per heavy atom. The van der Waals surface area contributed by atoms with Crippen LogP contribution < -0.4 is 0 Å². The quantitative estimate of drug-likeness (QED) is 0.257. The van der Waals surface area contributed by atoms with E-state index in [9.17, 15) is 9.59 Å². The van der Waals surface area contributed by atoms with E-state index < -0.39 is 11.9 Å². The van der Waals surface area contributed by atoms with Gasteiger partial charge in [0.25, 0.3) is 0 Å². The Balaban J connectivity index is 3.72. The number of hydrogen-bond acceptors (Lipinski definition) is 4. The Bertz CT molecular complexity index is 288. The summed E-state index contributed by atoms with van der Waals surface area (Å²) in [7, 11) is 2.52. The summed E-state index contributed by atoms with van der Waals surface area (Å²) in [5.74, 6) is 8.42. The maximum absolute atomic E-state index is 10.5. The standard InChI is InChI=1S/C10H10O4/c1-13-9(11)7-5-3-4-6-8-10(12)14-2/h3-4H2,1-2H3. The molecule has 0 amide bonds. The average Bonchev–Trinajstić information content (AvgIpc) is 2.22. The lowest BCUT2D eigenvalue weighted by atomic mass is 10.3. The van der Waals surface area contributed by atoms with Crippen LogP contribution in [0.15, 0.2) is 0 Å². The fraction of sp³-hybridized carbons (Fsp3) is 0.400. The van der Waals surface area contributed by atoms with Crippen molar-refractivity contribution in [1.82, 2.24) is 0 Å². The molecule has 0 aromatic rings. The molecule has 0 heterocycles. The Morgan fingerprint density at radius 3 is 1.57 bits per heavy atom. The molecule has 0 atom stereocenters. The van der Waals surface area contributed by atoms with E-state index in [2.05, 4.69) is 33.2 Å². The first kappa shape index (κ1) is 12.1. The van der Waals surface area contributed by atoms with Crippen LogP contribution in [0.1, 0.15) is 12.8 Å². The van der Waals surface area contributed by atoms with Gasteiger partial charge in [-0.2, -0.15) is 0 Å². The Kier molecular flexibility index (Phi) is 6.63. The maximum atomic E-state index is 10.5. The number of carbonyl (C=O) groups excluding carboxylic acids is 2. The van der Waals surface area contributed by atoms with Crippen LogP contribution in [0, 0.1) is 23.7 Å². The second-order valence-corrected chi connectivity index (χ2v) is 2.09. The number of methoxy groups -OCH3 is 2. The molecule has 0 spiro atoms. The van der Waals surface area contributed by atoms with Gasteiger partial charge in [0.15, 0.2) is 0 Å². The summed E-state index contributed by atoms with van der Waals surface area (Å²) in [4.78, 5) is 21.0. The zero-order valence-corrected chi connectivity index (χ0v) is 8.05. The number of ether oxygens (including phenoxy) is 2. The Labute approximate surface area is 82.6 Å². The van der Waals surface area contributed by atoms with Crippen LogP contribution in [0.25, 0.3) is 0 Å². The molecule has 0 N–H and O–H groups in total. The SMILES string of the molecule is COC(=O)C#CCCC#CC(=O)OC. The Morgan fingerprint density at radius 2 is 1.29 bits per heavy atom. The first-order chi connectivity index (χ1) is 6.70. The van der Waals surface area contributed by atoms with Crippen molar-refractivity contribution < 1.29 is 19.1 Å². The van der Waals surface area contributed by atoms with E-state index in [0.717, 1.165) is 0 Å². The number of rotatable bonds is 1. The molecule has 0 bridgehead atoms. The molecule has 0 aliphatic rings. The number of unbranched alkanes of at least 4 members (excludes halogenated alkanes) is 1. The van der Waals surface area contributed by atoms with Crippen LogP contribution in [0.4, 0.5) is 0 Å². The molecule has 0 aromatic carbocycles. The number of esters is 2. The first-order valence-corrected chi connectivity index (χ1v) is 3.84. The third-order valence-electron chi connectivity index (χ3n) is 1.13. The average molecular weight is 194 g/mol. The summed E-state index contributed by atoms with van der Waals surface area (Å²) < 4.78 is 8.58. The fourth-order valence-corrected chi connectivity index (χ4v) is 0.496. The molecule has 0 fully saturated rings. The van der Waals surface area contributed by atoms with Crippen molar-refractivity contribution in [3.8, 4) is 23.7 Å².